The Morgan fingerprint density at radius 2 is 1.76 bits per heavy atom. The molecule has 0 bridgehead atoms. The summed E-state index contributed by atoms with van der Waals surface area (Å²) in [6.07, 6.45) is 8.30. The smallest absolute Gasteiger partial charge is 0.320 e. The monoisotopic (exact) mass is 509 g/mol. The summed E-state index contributed by atoms with van der Waals surface area (Å²) < 4.78 is 1.72. The number of hydrogen-bond acceptors (Lipinski definition) is 4. The fourth-order valence-electron chi connectivity index (χ4n) is 6.46. The zero-order chi connectivity index (χ0) is 26.0. The molecule has 3 heterocycles. The predicted molar refractivity (Wildman–Crippen MR) is 149 cm³/mol. The topological polar surface area (TPSA) is 70.5 Å². The van der Waals surface area contributed by atoms with E-state index in [9.17, 15) is 9.59 Å². The molecule has 7 heteroatoms. The van der Waals surface area contributed by atoms with E-state index in [-0.39, 0.29) is 23.0 Å². The van der Waals surface area contributed by atoms with Crippen LogP contribution in [-0.4, -0.2) is 58.1 Å². The lowest BCUT2D eigenvalue weighted by molar-refractivity contribution is 0.104. The first kappa shape index (κ1) is 24.6. The highest BCUT2D eigenvalue weighted by molar-refractivity contribution is 5.76. The van der Waals surface area contributed by atoms with Crippen molar-refractivity contribution >= 4 is 6.03 Å². The Kier molecular flexibility index (Phi) is 6.85. The molecule has 0 radical (unpaired) electrons. The van der Waals surface area contributed by atoms with Gasteiger partial charge in [-0.3, -0.25) is 9.36 Å². The van der Waals surface area contributed by atoms with E-state index in [2.05, 4.69) is 28.5 Å². The molecule has 1 aliphatic carbocycles. The number of nitrogens with zero attached hydrogens (tertiary/aromatic N) is 4. The highest BCUT2D eigenvalue weighted by Gasteiger charge is 2.43. The van der Waals surface area contributed by atoms with E-state index in [1.54, 1.807) is 17.0 Å². The van der Waals surface area contributed by atoms with Gasteiger partial charge in [-0.1, -0.05) is 79.6 Å². The number of nitrogens with one attached hydrogen (secondary N) is 1. The zero-order valence-electron chi connectivity index (χ0n) is 21.8. The Morgan fingerprint density at radius 1 is 1.03 bits per heavy atom. The molecule has 1 unspecified atom stereocenters. The lowest BCUT2D eigenvalue weighted by atomic mass is 9.75. The molecule has 3 aromatic rings. The van der Waals surface area contributed by atoms with Crippen molar-refractivity contribution in [1.29, 1.82) is 0 Å². The number of hydrogen-bond donors (Lipinski definition) is 1. The van der Waals surface area contributed by atoms with Gasteiger partial charge >= 0.3 is 6.03 Å². The van der Waals surface area contributed by atoms with E-state index in [4.69, 9.17) is 0 Å². The van der Waals surface area contributed by atoms with Crippen LogP contribution in [0.1, 0.15) is 37.3 Å². The Balaban J connectivity index is 1.23. The van der Waals surface area contributed by atoms with Gasteiger partial charge in [-0.25, -0.2) is 9.78 Å². The summed E-state index contributed by atoms with van der Waals surface area (Å²) in [5.74, 6) is 0. The van der Waals surface area contributed by atoms with Crippen molar-refractivity contribution in [3.05, 3.63) is 101 Å². The summed E-state index contributed by atoms with van der Waals surface area (Å²) in [5, 5.41) is 3.46. The van der Waals surface area contributed by atoms with Crippen LogP contribution < -0.4 is 10.9 Å². The number of urea groups is 1. The Morgan fingerprint density at radius 3 is 2.50 bits per heavy atom. The Labute approximate surface area is 223 Å². The highest BCUT2D eigenvalue weighted by Crippen LogP contribution is 2.47. The number of amides is 2. The maximum absolute atomic E-state index is 13.9. The van der Waals surface area contributed by atoms with Crippen molar-refractivity contribution in [3.8, 4) is 11.3 Å². The number of aromatic nitrogens is 2. The van der Waals surface area contributed by atoms with Crippen LogP contribution in [0.4, 0.5) is 4.79 Å². The lowest BCUT2D eigenvalue weighted by Crippen LogP contribution is -2.56. The Hall–Kier alpha value is -3.71. The van der Waals surface area contributed by atoms with Crippen LogP contribution in [0.15, 0.2) is 89.5 Å². The minimum absolute atomic E-state index is 0.0372. The third kappa shape index (κ3) is 4.78. The minimum Gasteiger partial charge on any atom is -0.320 e. The summed E-state index contributed by atoms with van der Waals surface area (Å²) >= 11 is 0. The molecule has 1 spiro atoms. The molecule has 2 aromatic carbocycles. The summed E-state index contributed by atoms with van der Waals surface area (Å²) in [7, 11) is 0. The van der Waals surface area contributed by atoms with Crippen molar-refractivity contribution in [3.63, 3.8) is 0 Å². The number of piperazine rings is 1. The maximum atomic E-state index is 13.9. The molecule has 1 saturated heterocycles. The standard InChI is InChI=1S/C31H35N5O2/c37-29-19-27(24-9-3-1-4-10-24)33-23-35(29)21-26-13-17-34(22-31(26)14-7-8-15-31)30(38)36-18-16-32-20-28(36)25-11-5-2-6-12-25/h1-6,9-13,19,23,28,32H,7-8,14-18,20-22H2. The first-order chi connectivity index (χ1) is 18.6. The molecule has 2 fully saturated rings. The van der Waals surface area contributed by atoms with Gasteiger partial charge in [0.25, 0.3) is 5.56 Å². The molecule has 1 aromatic heterocycles. The van der Waals surface area contributed by atoms with Gasteiger partial charge in [0.2, 0.25) is 0 Å². The largest absolute Gasteiger partial charge is 0.320 e. The van der Waals surface area contributed by atoms with Crippen LogP contribution in [0.25, 0.3) is 11.3 Å². The van der Waals surface area contributed by atoms with Crippen LogP contribution in [-0.2, 0) is 6.54 Å². The summed E-state index contributed by atoms with van der Waals surface area (Å²) in [5.41, 5.74) is 3.97. The van der Waals surface area contributed by atoms with E-state index in [0.29, 0.717) is 31.9 Å². The second-order valence-electron chi connectivity index (χ2n) is 10.8. The zero-order valence-corrected chi connectivity index (χ0v) is 21.8. The fraction of sp³-hybridized carbons (Fsp3) is 0.387. The van der Waals surface area contributed by atoms with E-state index >= 15 is 0 Å². The average molecular weight is 510 g/mol. The molecule has 7 nitrogen and oxygen atoms in total. The number of carbonyl (C=O) groups excluding carboxylic acids is 1. The van der Waals surface area contributed by atoms with Gasteiger partial charge in [0, 0.05) is 56.3 Å². The van der Waals surface area contributed by atoms with Crippen molar-refractivity contribution in [2.75, 3.05) is 32.7 Å². The first-order valence-electron chi connectivity index (χ1n) is 13.8. The summed E-state index contributed by atoms with van der Waals surface area (Å²) in [4.78, 5) is 35.6. The second kappa shape index (κ2) is 10.6. The number of rotatable bonds is 4. The molecule has 2 amide bonds. The quantitative estimate of drug-likeness (QED) is 0.527. The van der Waals surface area contributed by atoms with Crippen LogP contribution in [0, 0.1) is 5.41 Å². The molecule has 1 saturated carbocycles. The van der Waals surface area contributed by atoms with Gasteiger partial charge in [-0.2, -0.15) is 0 Å². The molecule has 2 aliphatic heterocycles. The summed E-state index contributed by atoms with van der Waals surface area (Å²) in [6, 6.07) is 21.9. The van der Waals surface area contributed by atoms with Gasteiger partial charge in [-0.05, 0) is 24.0 Å². The predicted octanol–water partition coefficient (Wildman–Crippen LogP) is 4.48. The maximum Gasteiger partial charge on any atom is 0.320 e. The van der Waals surface area contributed by atoms with E-state index in [1.165, 1.54) is 11.1 Å². The van der Waals surface area contributed by atoms with Crippen molar-refractivity contribution in [2.24, 2.45) is 5.41 Å². The Bertz CT molecular complexity index is 1360. The molecule has 1 atom stereocenters. The van der Waals surface area contributed by atoms with Crippen LogP contribution in [0.3, 0.4) is 0 Å². The molecule has 196 valence electrons. The third-order valence-electron chi connectivity index (χ3n) is 8.53. The second-order valence-corrected chi connectivity index (χ2v) is 10.8. The SMILES string of the molecule is O=C(N1CC=C(Cn2cnc(-c3ccccc3)cc2=O)C2(CCCC2)C1)N1CCNCC1c1ccccc1. The van der Waals surface area contributed by atoms with Gasteiger partial charge in [0.15, 0.2) is 0 Å². The van der Waals surface area contributed by atoms with Crippen LogP contribution in [0.5, 0.6) is 0 Å². The van der Waals surface area contributed by atoms with Gasteiger partial charge in [0.1, 0.15) is 0 Å². The molecular formula is C31H35N5O2. The molecule has 3 aliphatic rings. The summed E-state index contributed by atoms with van der Waals surface area (Å²) in [6.45, 7) is 4.10. The van der Waals surface area contributed by atoms with Crippen LogP contribution in [0.2, 0.25) is 0 Å². The number of benzene rings is 2. The fourth-order valence-corrected chi connectivity index (χ4v) is 6.46. The first-order valence-corrected chi connectivity index (χ1v) is 13.8. The van der Waals surface area contributed by atoms with Gasteiger partial charge in [-0.15, -0.1) is 0 Å². The lowest BCUT2D eigenvalue weighted by Gasteiger charge is -2.45. The minimum atomic E-state index is -0.0677. The van der Waals surface area contributed by atoms with Gasteiger partial charge < -0.3 is 15.1 Å². The van der Waals surface area contributed by atoms with Crippen molar-refractivity contribution in [2.45, 2.75) is 38.3 Å². The highest BCUT2D eigenvalue weighted by atomic mass is 16.2. The molecular weight excluding hydrogens is 474 g/mol. The van der Waals surface area contributed by atoms with Gasteiger partial charge in [0.05, 0.1) is 18.1 Å². The average Bonchev–Trinajstić information content (AvgIpc) is 3.44. The number of carbonyl (C=O) groups is 1. The molecule has 6 rings (SSSR count). The van der Waals surface area contributed by atoms with Crippen molar-refractivity contribution in [1.82, 2.24) is 24.7 Å². The van der Waals surface area contributed by atoms with Crippen molar-refractivity contribution < 1.29 is 4.79 Å². The third-order valence-corrected chi connectivity index (χ3v) is 8.53. The normalized spacial score (nSPS) is 20.9. The van der Waals surface area contributed by atoms with E-state index < -0.39 is 0 Å². The molecule has 1 N–H and O–H groups in total. The van der Waals surface area contributed by atoms with E-state index in [0.717, 1.165) is 44.3 Å². The van der Waals surface area contributed by atoms with E-state index in [1.807, 2.05) is 58.3 Å². The van der Waals surface area contributed by atoms with Crippen LogP contribution >= 0.6 is 0 Å². The molecule has 38 heavy (non-hydrogen) atoms.